The first kappa shape index (κ1) is 18.0. The second-order valence-electron chi connectivity index (χ2n) is 5.21. The van der Waals surface area contributed by atoms with Crippen LogP contribution in [0.3, 0.4) is 0 Å². The zero-order valence-electron chi connectivity index (χ0n) is 12.4. The Kier molecular flexibility index (Phi) is 7.37. The van der Waals surface area contributed by atoms with E-state index in [0.29, 0.717) is 12.1 Å². The second-order valence-corrected chi connectivity index (χ2v) is 5.21. The van der Waals surface area contributed by atoms with Crippen LogP contribution in [0.15, 0.2) is 30.5 Å². The molecule has 4 nitrogen and oxygen atoms in total. The molecule has 2 N–H and O–H groups in total. The number of phenolic OH excluding ortho intramolecular Hbond substituents is 1. The largest absolute Gasteiger partial charge is 0.505 e. The van der Waals surface area contributed by atoms with Gasteiger partial charge in [-0.2, -0.15) is 0 Å². The van der Waals surface area contributed by atoms with Crippen LogP contribution in [0.25, 0.3) is 10.9 Å². The number of aromatic nitrogens is 1. The van der Waals surface area contributed by atoms with Crippen molar-refractivity contribution in [3.05, 3.63) is 36.0 Å². The number of hydrogen-bond acceptors (Lipinski definition) is 3. The maximum Gasteiger partial charge on any atom is 0.255 e. The number of hydrogen-bond donors (Lipinski definition) is 2. The van der Waals surface area contributed by atoms with Crippen LogP contribution in [0.2, 0.25) is 0 Å². The molecule has 0 atom stereocenters. The Labute approximate surface area is 132 Å². The summed E-state index contributed by atoms with van der Waals surface area (Å²) in [5.74, 6) is -0.285. The van der Waals surface area contributed by atoms with Crippen LogP contribution in [0.5, 0.6) is 5.75 Å². The Morgan fingerprint density at radius 3 is 2.73 bits per heavy atom. The van der Waals surface area contributed by atoms with Gasteiger partial charge in [-0.25, -0.2) is 0 Å². The smallest absolute Gasteiger partial charge is 0.255 e. The van der Waals surface area contributed by atoms with E-state index in [4.69, 9.17) is 0 Å². The van der Waals surface area contributed by atoms with Crippen LogP contribution < -0.4 is 5.32 Å². The van der Waals surface area contributed by atoms with Gasteiger partial charge >= 0.3 is 0 Å². The van der Waals surface area contributed by atoms with E-state index >= 15 is 0 Å². The molecule has 0 fully saturated rings. The highest BCUT2D eigenvalue weighted by Gasteiger charge is 2.13. The number of rotatable bonds is 7. The number of pyridine rings is 1. The van der Waals surface area contributed by atoms with Crippen LogP contribution in [0.1, 0.15) is 56.8 Å². The predicted molar refractivity (Wildman–Crippen MR) is 91.2 cm³/mol. The highest BCUT2D eigenvalue weighted by atomic mass is 16.3. The van der Waals surface area contributed by atoms with Gasteiger partial charge in [0.15, 0.2) is 5.75 Å². The molecule has 1 aromatic heterocycles. The molecular formula is C18H26N2O2. The molecule has 2 aromatic rings. The molecule has 1 aromatic carbocycles. The van der Waals surface area contributed by atoms with E-state index in [1.54, 1.807) is 24.4 Å². The number of unbranched alkanes of at least 4 members (excludes halogenated alkanes) is 4. The molecule has 1 heterocycles. The van der Waals surface area contributed by atoms with E-state index in [2.05, 4.69) is 17.2 Å². The first-order valence-corrected chi connectivity index (χ1v) is 7.59. The molecule has 0 aliphatic rings. The van der Waals surface area contributed by atoms with Gasteiger partial charge in [-0.05, 0) is 18.6 Å². The summed E-state index contributed by atoms with van der Waals surface area (Å²) < 4.78 is 0. The molecule has 0 bridgehead atoms. The molecule has 0 aliphatic heterocycles. The van der Waals surface area contributed by atoms with Gasteiger partial charge in [-0.1, -0.05) is 52.2 Å². The topological polar surface area (TPSA) is 62.2 Å². The molecule has 22 heavy (non-hydrogen) atoms. The predicted octanol–water partition coefficient (Wildman–Crippen LogP) is 4.28. The Balaban J connectivity index is 0.00000242. The van der Waals surface area contributed by atoms with Crippen molar-refractivity contribution in [3.8, 4) is 5.75 Å². The Morgan fingerprint density at radius 1 is 1.18 bits per heavy atom. The second kappa shape index (κ2) is 9.03. The number of amides is 1. The standard InChI is InChI=1S/C17H22N2O2.CH4/c1-2-3-4-5-6-11-19-17(21)14-10-9-13-8-7-12-18-15(13)16(14)20;/h7-10,12,20H,2-6,11H2,1H3,(H,19,21);1H4. The highest BCUT2D eigenvalue weighted by Crippen LogP contribution is 2.26. The van der Waals surface area contributed by atoms with Gasteiger partial charge in [-0.15, -0.1) is 0 Å². The summed E-state index contributed by atoms with van der Waals surface area (Å²) in [7, 11) is 0. The average Bonchev–Trinajstić information content (AvgIpc) is 2.51. The molecule has 0 unspecified atom stereocenters. The minimum Gasteiger partial charge on any atom is -0.505 e. The van der Waals surface area contributed by atoms with Crippen LogP contribution >= 0.6 is 0 Å². The summed E-state index contributed by atoms with van der Waals surface area (Å²) >= 11 is 0. The number of nitrogens with one attached hydrogen (secondary N) is 1. The van der Waals surface area contributed by atoms with E-state index in [9.17, 15) is 9.90 Å². The third kappa shape index (κ3) is 4.45. The zero-order chi connectivity index (χ0) is 15.1. The van der Waals surface area contributed by atoms with Gasteiger partial charge < -0.3 is 10.4 Å². The molecule has 4 heteroatoms. The summed E-state index contributed by atoms with van der Waals surface area (Å²) in [5, 5.41) is 13.8. The van der Waals surface area contributed by atoms with E-state index in [1.165, 1.54) is 19.3 Å². The van der Waals surface area contributed by atoms with Gasteiger partial charge in [-0.3, -0.25) is 9.78 Å². The number of aromatic hydroxyl groups is 1. The van der Waals surface area contributed by atoms with Gasteiger partial charge in [0.2, 0.25) is 0 Å². The fourth-order valence-electron chi connectivity index (χ4n) is 2.34. The lowest BCUT2D eigenvalue weighted by atomic mass is 10.1. The summed E-state index contributed by atoms with van der Waals surface area (Å²) in [4.78, 5) is 16.2. The third-order valence-electron chi connectivity index (χ3n) is 3.56. The zero-order valence-corrected chi connectivity index (χ0v) is 12.4. The van der Waals surface area contributed by atoms with Gasteiger partial charge in [0, 0.05) is 18.1 Å². The minimum atomic E-state index is -0.240. The average molecular weight is 302 g/mol. The molecule has 2 rings (SSSR count). The molecule has 120 valence electrons. The molecule has 0 saturated heterocycles. The Morgan fingerprint density at radius 2 is 1.95 bits per heavy atom. The summed E-state index contributed by atoms with van der Waals surface area (Å²) in [5.41, 5.74) is 0.753. The van der Waals surface area contributed by atoms with Crippen LogP contribution in [0.4, 0.5) is 0 Å². The lowest BCUT2D eigenvalue weighted by molar-refractivity contribution is 0.0950. The maximum atomic E-state index is 12.1. The van der Waals surface area contributed by atoms with Crippen molar-refractivity contribution in [2.24, 2.45) is 0 Å². The van der Waals surface area contributed by atoms with Crippen molar-refractivity contribution >= 4 is 16.8 Å². The van der Waals surface area contributed by atoms with E-state index in [1.807, 2.05) is 6.07 Å². The van der Waals surface area contributed by atoms with Crippen molar-refractivity contribution in [1.82, 2.24) is 10.3 Å². The Hall–Kier alpha value is -2.10. The fraction of sp³-hybridized carbons (Fsp3) is 0.444. The van der Waals surface area contributed by atoms with E-state index in [-0.39, 0.29) is 24.6 Å². The van der Waals surface area contributed by atoms with Gasteiger partial charge in [0.25, 0.3) is 5.91 Å². The van der Waals surface area contributed by atoms with Gasteiger partial charge in [0.05, 0.1) is 5.56 Å². The van der Waals surface area contributed by atoms with Crippen LogP contribution in [-0.2, 0) is 0 Å². The SMILES string of the molecule is C.CCCCCCCNC(=O)c1ccc2cccnc2c1O. The third-order valence-corrected chi connectivity index (χ3v) is 3.56. The number of benzene rings is 1. The van der Waals surface area contributed by atoms with Crippen molar-refractivity contribution in [2.45, 2.75) is 46.5 Å². The first-order valence-electron chi connectivity index (χ1n) is 7.59. The molecule has 1 amide bonds. The molecular weight excluding hydrogens is 276 g/mol. The number of phenols is 1. The lowest BCUT2D eigenvalue weighted by Crippen LogP contribution is -2.24. The quantitative estimate of drug-likeness (QED) is 0.750. The van der Waals surface area contributed by atoms with E-state index in [0.717, 1.165) is 18.2 Å². The summed E-state index contributed by atoms with van der Waals surface area (Å²) in [6, 6.07) is 7.11. The first-order chi connectivity index (χ1) is 10.2. The molecule has 0 saturated carbocycles. The number of nitrogens with zero attached hydrogens (tertiary/aromatic N) is 1. The molecule has 0 aliphatic carbocycles. The summed E-state index contributed by atoms with van der Waals surface area (Å²) in [6.07, 6.45) is 7.36. The summed E-state index contributed by atoms with van der Waals surface area (Å²) in [6.45, 7) is 2.82. The highest BCUT2D eigenvalue weighted by molar-refractivity contribution is 6.02. The van der Waals surface area contributed by atoms with Gasteiger partial charge in [0.1, 0.15) is 5.52 Å². The van der Waals surface area contributed by atoms with Crippen molar-refractivity contribution in [2.75, 3.05) is 6.54 Å². The van der Waals surface area contributed by atoms with Crippen LogP contribution in [0, 0.1) is 0 Å². The van der Waals surface area contributed by atoms with E-state index < -0.39 is 0 Å². The monoisotopic (exact) mass is 302 g/mol. The number of carbonyl (C=O) groups is 1. The number of fused-ring (bicyclic) bond motifs is 1. The molecule has 0 radical (unpaired) electrons. The van der Waals surface area contributed by atoms with Crippen molar-refractivity contribution in [3.63, 3.8) is 0 Å². The normalized spacial score (nSPS) is 10.2. The maximum absolute atomic E-state index is 12.1. The minimum absolute atomic E-state index is 0. The lowest BCUT2D eigenvalue weighted by Gasteiger charge is -2.08. The molecule has 0 spiro atoms. The van der Waals surface area contributed by atoms with Crippen molar-refractivity contribution in [1.29, 1.82) is 0 Å². The van der Waals surface area contributed by atoms with Crippen molar-refractivity contribution < 1.29 is 9.90 Å². The number of carbonyl (C=O) groups excluding carboxylic acids is 1. The Bertz CT molecular complexity index is 611. The fourth-order valence-corrected chi connectivity index (χ4v) is 2.34. The van der Waals surface area contributed by atoms with Crippen LogP contribution in [-0.4, -0.2) is 22.5 Å².